The van der Waals surface area contributed by atoms with Crippen LogP contribution in [0.2, 0.25) is 5.02 Å². The van der Waals surface area contributed by atoms with Crippen LogP contribution in [0, 0.1) is 5.41 Å². The lowest BCUT2D eigenvalue weighted by atomic mass is 9.72. The molecule has 1 aliphatic carbocycles. The molecule has 0 saturated heterocycles. The third-order valence-electron chi connectivity index (χ3n) is 3.62. The van der Waals surface area contributed by atoms with Gasteiger partial charge in [0.1, 0.15) is 0 Å². The van der Waals surface area contributed by atoms with Crippen molar-refractivity contribution in [3.05, 3.63) is 29.0 Å². The zero-order valence-corrected chi connectivity index (χ0v) is 11.7. The first-order valence-corrected chi connectivity index (χ1v) is 7.40. The first kappa shape index (κ1) is 12.4. The van der Waals surface area contributed by atoms with Crippen molar-refractivity contribution < 1.29 is 0 Å². The normalized spacial score (nSPS) is 19.6. The minimum Gasteiger partial charge on any atom is -0.263 e. The van der Waals surface area contributed by atoms with E-state index in [0.717, 1.165) is 16.8 Å². The van der Waals surface area contributed by atoms with Gasteiger partial charge in [-0.25, -0.2) is 0 Å². The average molecular weight is 303 g/mol. The molecule has 0 N–H and O–H groups in total. The van der Waals surface area contributed by atoms with Crippen LogP contribution in [0.3, 0.4) is 0 Å². The molecule has 1 fully saturated rings. The molecule has 1 saturated carbocycles. The van der Waals surface area contributed by atoms with Gasteiger partial charge >= 0.3 is 0 Å². The van der Waals surface area contributed by atoms with Gasteiger partial charge < -0.3 is 0 Å². The van der Waals surface area contributed by atoms with E-state index in [0.29, 0.717) is 5.41 Å². The quantitative estimate of drug-likeness (QED) is 0.742. The Kier molecular flexibility index (Phi) is 4.26. The minimum absolute atomic E-state index is 0.420. The molecule has 0 aliphatic heterocycles. The van der Waals surface area contributed by atoms with Gasteiger partial charge in [0.25, 0.3) is 0 Å². The first-order valence-electron chi connectivity index (χ1n) is 5.90. The second kappa shape index (κ2) is 5.50. The summed E-state index contributed by atoms with van der Waals surface area (Å²) < 4.78 is 0. The van der Waals surface area contributed by atoms with Crippen LogP contribution in [-0.4, -0.2) is 10.3 Å². The number of rotatable bonds is 3. The molecule has 1 aliphatic rings. The van der Waals surface area contributed by atoms with Crippen LogP contribution in [0.25, 0.3) is 0 Å². The summed E-state index contributed by atoms with van der Waals surface area (Å²) in [4.78, 5) is 4.04. The average Bonchev–Trinajstić information content (AvgIpc) is 2.33. The fraction of sp³-hybridized carbons (Fsp3) is 0.615. The van der Waals surface area contributed by atoms with E-state index in [2.05, 4.69) is 27.0 Å². The summed E-state index contributed by atoms with van der Waals surface area (Å²) in [6.07, 6.45) is 11.4. The lowest BCUT2D eigenvalue weighted by Crippen LogP contribution is -2.28. The van der Waals surface area contributed by atoms with Crippen molar-refractivity contribution in [3.8, 4) is 0 Å². The van der Waals surface area contributed by atoms with Gasteiger partial charge in [0, 0.05) is 17.7 Å². The second-order valence-electron chi connectivity index (χ2n) is 4.84. The highest BCUT2D eigenvalue weighted by Gasteiger charge is 2.31. The number of hydrogen-bond donors (Lipinski definition) is 0. The molecule has 0 spiro atoms. The molecule has 1 aromatic rings. The maximum atomic E-state index is 6.18. The summed E-state index contributed by atoms with van der Waals surface area (Å²) in [5, 5.41) is 1.90. The van der Waals surface area contributed by atoms with Gasteiger partial charge in [0.15, 0.2) is 0 Å². The molecule has 3 heteroatoms. The maximum absolute atomic E-state index is 6.18. The molecular weight excluding hydrogens is 286 g/mol. The summed E-state index contributed by atoms with van der Waals surface area (Å²) in [7, 11) is 0. The Morgan fingerprint density at radius 2 is 2.06 bits per heavy atom. The smallest absolute Gasteiger partial charge is 0.0621 e. The number of nitrogens with zero attached hydrogens (tertiary/aromatic N) is 1. The molecule has 88 valence electrons. The number of alkyl halides is 1. The Morgan fingerprint density at radius 1 is 1.31 bits per heavy atom. The van der Waals surface area contributed by atoms with Crippen LogP contribution < -0.4 is 0 Å². The third-order valence-corrected chi connectivity index (χ3v) is 5.15. The summed E-state index contributed by atoms with van der Waals surface area (Å²) in [6, 6.07) is 2.06. The number of pyridine rings is 1. The van der Waals surface area contributed by atoms with E-state index < -0.39 is 0 Å². The third kappa shape index (κ3) is 2.78. The standard InChI is InChI=1S/C13H17BrClN/c14-10-13(5-2-1-3-6-13)8-11-4-7-16-9-12(11)15/h4,7,9H,1-3,5-6,8,10H2. The van der Waals surface area contributed by atoms with Gasteiger partial charge in [-0.15, -0.1) is 0 Å². The van der Waals surface area contributed by atoms with Crippen molar-refractivity contribution in [1.29, 1.82) is 0 Å². The maximum Gasteiger partial charge on any atom is 0.0621 e. The number of hydrogen-bond acceptors (Lipinski definition) is 1. The highest BCUT2D eigenvalue weighted by molar-refractivity contribution is 9.09. The second-order valence-corrected chi connectivity index (χ2v) is 5.81. The van der Waals surface area contributed by atoms with Crippen molar-refractivity contribution in [2.24, 2.45) is 5.41 Å². The molecule has 0 bridgehead atoms. The fourth-order valence-electron chi connectivity index (χ4n) is 2.61. The molecule has 0 unspecified atom stereocenters. The number of aromatic nitrogens is 1. The van der Waals surface area contributed by atoms with E-state index in [1.807, 2.05) is 6.20 Å². The molecule has 1 aromatic heterocycles. The van der Waals surface area contributed by atoms with E-state index in [4.69, 9.17) is 11.6 Å². The highest BCUT2D eigenvalue weighted by Crippen LogP contribution is 2.41. The van der Waals surface area contributed by atoms with Crippen molar-refractivity contribution in [3.63, 3.8) is 0 Å². The highest BCUT2D eigenvalue weighted by atomic mass is 79.9. The lowest BCUT2D eigenvalue weighted by molar-refractivity contribution is 0.223. The molecule has 0 radical (unpaired) electrons. The van der Waals surface area contributed by atoms with Crippen LogP contribution in [0.5, 0.6) is 0 Å². The van der Waals surface area contributed by atoms with E-state index in [9.17, 15) is 0 Å². The van der Waals surface area contributed by atoms with Crippen molar-refractivity contribution in [2.75, 3.05) is 5.33 Å². The van der Waals surface area contributed by atoms with E-state index in [1.165, 1.54) is 37.7 Å². The predicted molar refractivity (Wildman–Crippen MR) is 72.3 cm³/mol. The van der Waals surface area contributed by atoms with E-state index >= 15 is 0 Å². The topological polar surface area (TPSA) is 12.9 Å². The molecule has 0 atom stereocenters. The van der Waals surface area contributed by atoms with Crippen LogP contribution in [0.4, 0.5) is 0 Å². The summed E-state index contributed by atoms with van der Waals surface area (Å²) in [5.41, 5.74) is 1.67. The predicted octanol–water partition coefficient (Wildman–Crippen LogP) is 4.62. The zero-order chi connectivity index (χ0) is 11.4. The van der Waals surface area contributed by atoms with Gasteiger partial charge in [-0.05, 0) is 36.3 Å². The Bertz CT molecular complexity index is 348. The summed E-state index contributed by atoms with van der Waals surface area (Å²) in [5.74, 6) is 0. The Hall–Kier alpha value is -0.0800. The van der Waals surface area contributed by atoms with Crippen LogP contribution >= 0.6 is 27.5 Å². The van der Waals surface area contributed by atoms with Crippen molar-refractivity contribution in [1.82, 2.24) is 4.98 Å². The SMILES string of the molecule is Clc1cnccc1CC1(CBr)CCCCC1. The Labute approximate surface area is 111 Å². The summed E-state index contributed by atoms with van der Waals surface area (Å²) in [6.45, 7) is 0. The Morgan fingerprint density at radius 3 is 2.69 bits per heavy atom. The van der Waals surface area contributed by atoms with Crippen LogP contribution in [0.1, 0.15) is 37.7 Å². The number of halogens is 2. The molecule has 1 nitrogen and oxygen atoms in total. The van der Waals surface area contributed by atoms with Gasteiger partial charge in [-0.2, -0.15) is 0 Å². The van der Waals surface area contributed by atoms with Gasteiger partial charge in [0.2, 0.25) is 0 Å². The van der Waals surface area contributed by atoms with Gasteiger partial charge in [0.05, 0.1) is 5.02 Å². The minimum atomic E-state index is 0.420. The van der Waals surface area contributed by atoms with Crippen LogP contribution in [0.15, 0.2) is 18.5 Å². The molecular formula is C13H17BrClN. The lowest BCUT2D eigenvalue weighted by Gasteiger charge is -2.36. The van der Waals surface area contributed by atoms with Crippen molar-refractivity contribution in [2.45, 2.75) is 38.5 Å². The largest absolute Gasteiger partial charge is 0.263 e. The fourth-order valence-corrected chi connectivity index (χ4v) is 3.56. The zero-order valence-electron chi connectivity index (χ0n) is 9.38. The van der Waals surface area contributed by atoms with Crippen molar-refractivity contribution >= 4 is 27.5 Å². The van der Waals surface area contributed by atoms with E-state index in [1.54, 1.807) is 6.20 Å². The molecule has 0 aromatic carbocycles. The molecule has 0 amide bonds. The molecule has 2 rings (SSSR count). The molecule has 1 heterocycles. The monoisotopic (exact) mass is 301 g/mol. The Balaban J connectivity index is 2.15. The molecule has 16 heavy (non-hydrogen) atoms. The first-order chi connectivity index (χ1) is 7.76. The summed E-state index contributed by atoms with van der Waals surface area (Å²) >= 11 is 9.88. The van der Waals surface area contributed by atoms with Crippen LogP contribution in [-0.2, 0) is 6.42 Å². The van der Waals surface area contributed by atoms with Gasteiger partial charge in [-0.3, -0.25) is 4.98 Å². The van der Waals surface area contributed by atoms with Gasteiger partial charge in [-0.1, -0.05) is 46.8 Å². The van der Waals surface area contributed by atoms with E-state index in [-0.39, 0.29) is 0 Å².